The van der Waals surface area contributed by atoms with Crippen LogP contribution in [0.3, 0.4) is 0 Å². The first kappa shape index (κ1) is 14.0. The van der Waals surface area contributed by atoms with Crippen molar-refractivity contribution in [2.45, 2.75) is 25.9 Å². The van der Waals surface area contributed by atoms with Gasteiger partial charge >= 0.3 is 5.97 Å². The summed E-state index contributed by atoms with van der Waals surface area (Å²) in [6, 6.07) is 0. The van der Waals surface area contributed by atoms with E-state index in [0.29, 0.717) is 6.54 Å². The van der Waals surface area contributed by atoms with Gasteiger partial charge in [-0.3, -0.25) is 14.5 Å². The van der Waals surface area contributed by atoms with Crippen molar-refractivity contribution < 1.29 is 9.53 Å². The largest absolute Gasteiger partial charge is 0.468 e. The first-order valence-corrected chi connectivity index (χ1v) is 6.54. The standard InChI is InChI=1S/C12H15BrN4O2/c1-12(2,11(18)19-3)16-5-8-4-15-10-6-14-9(13)7-17(8)10/h4,6-7,16H,5H2,1-3H3. The second-order valence-corrected chi connectivity index (χ2v) is 5.47. The molecule has 1 N–H and O–H groups in total. The second-order valence-electron chi connectivity index (χ2n) is 4.66. The Morgan fingerprint density at radius 2 is 2.21 bits per heavy atom. The van der Waals surface area contributed by atoms with Crippen LogP contribution in [0.1, 0.15) is 19.5 Å². The molecule has 0 fully saturated rings. The Morgan fingerprint density at radius 1 is 1.47 bits per heavy atom. The van der Waals surface area contributed by atoms with Crippen molar-refractivity contribution in [1.82, 2.24) is 19.7 Å². The van der Waals surface area contributed by atoms with E-state index in [1.807, 2.05) is 10.6 Å². The van der Waals surface area contributed by atoms with Gasteiger partial charge in [0.2, 0.25) is 0 Å². The van der Waals surface area contributed by atoms with Gasteiger partial charge in [-0.25, -0.2) is 9.97 Å². The molecule has 0 atom stereocenters. The van der Waals surface area contributed by atoms with Gasteiger partial charge in [-0.1, -0.05) is 0 Å². The maximum absolute atomic E-state index is 11.6. The van der Waals surface area contributed by atoms with Gasteiger partial charge < -0.3 is 4.74 Å². The third kappa shape index (κ3) is 2.93. The van der Waals surface area contributed by atoms with Crippen LogP contribution in [-0.2, 0) is 16.1 Å². The van der Waals surface area contributed by atoms with Crippen LogP contribution in [0.5, 0.6) is 0 Å². The number of rotatable bonds is 4. The van der Waals surface area contributed by atoms with Gasteiger partial charge in [0.25, 0.3) is 0 Å². The predicted molar refractivity (Wildman–Crippen MR) is 73.6 cm³/mol. The topological polar surface area (TPSA) is 68.5 Å². The van der Waals surface area contributed by atoms with Crippen LogP contribution < -0.4 is 5.32 Å². The fourth-order valence-electron chi connectivity index (χ4n) is 1.69. The minimum absolute atomic E-state index is 0.302. The molecule has 0 spiro atoms. The molecule has 2 heterocycles. The number of imidazole rings is 1. The number of nitrogens with one attached hydrogen (secondary N) is 1. The number of fused-ring (bicyclic) bond motifs is 1. The lowest BCUT2D eigenvalue weighted by Crippen LogP contribution is -2.47. The molecule has 19 heavy (non-hydrogen) atoms. The van der Waals surface area contributed by atoms with E-state index in [1.54, 1.807) is 26.2 Å². The van der Waals surface area contributed by atoms with Gasteiger partial charge in [-0.05, 0) is 29.8 Å². The van der Waals surface area contributed by atoms with E-state index < -0.39 is 5.54 Å². The molecule has 7 heteroatoms. The Hall–Kier alpha value is -1.47. The Morgan fingerprint density at radius 3 is 2.89 bits per heavy atom. The highest BCUT2D eigenvalue weighted by molar-refractivity contribution is 9.10. The van der Waals surface area contributed by atoms with Crippen molar-refractivity contribution in [1.29, 1.82) is 0 Å². The highest BCUT2D eigenvalue weighted by Gasteiger charge is 2.28. The molecule has 2 aromatic rings. The summed E-state index contributed by atoms with van der Waals surface area (Å²) in [4.78, 5) is 19.9. The van der Waals surface area contributed by atoms with Gasteiger partial charge in [0.15, 0.2) is 5.65 Å². The van der Waals surface area contributed by atoms with Crippen LogP contribution in [0.2, 0.25) is 0 Å². The summed E-state index contributed by atoms with van der Waals surface area (Å²) in [6.45, 7) is 4.05. The number of carbonyl (C=O) groups excluding carboxylic acids is 1. The minimum Gasteiger partial charge on any atom is -0.468 e. The van der Waals surface area contributed by atoms with Gasteiger partial charge in [0.1, 0.15) is 10.1 Å². The number of halogens is 1. The van der Waals surface area contributed by atoms with E-state index in [4.69, 9.17) is 4.74 Å². The lowest BCUT2D eigenvalue weighted by atomic mass is 10.1. The maximum Gasteiger partial charge on any atom is 0.325 e. The zero-order valence-corrected chi connectivity index (χ0v) is 12.6. The molecule has 0 bridgehead atoms. The molecule has 6 nitrogen and oxygen atoms in total. The Labute approximate surface area is 119 Å². The fourth-order valence-corrected chi connectivity index (χ4v) is 1.99. The summed E-state index contributed by atoms with van der Waals surface area (Å²) >= 11 is 3.32. The highest BCUT2D eigenvalue weighted by Crippen LogP contribution is 2.12. The molecular formula is C12H15BrN4O2. The minimum atomic E-state index is -0.747. The zero-order valence-electron chi connectivity index (χ0n) is 11.0. The van der Waals surface area contributed by atoms with Crippen LogP contribution in [0.15, 0.2) is 23.2 Å². The monoisotopic (exact) mass is 326 g/mol. The Bertz CT molecular complexity index is 609. The molecule has 102 valence electrons. The zero-order chi connectivity index (χ0) is 14.0. The molecule has 0 aliphatic rings. The van der Waals surface area contributed by atoms with Crippen LogP contribution in [-0.4, -0.2) is 33.0 Å². The van der Waals surface area contributed by atoms with Crippen LogP contribution in [0, 0.1) is 0 Å². The smallest absolute Gasteiger partial charge is 0.325 e. The van der Waals surface area contributed by atoms with Crippen LogP contribution in [0.4, 0.5) is 0 Å². The lowest BCUT2D eigenvalue weighted by molar-refractivity contribution is -0.147. The number of carbonyl (C=O) groups is 1. The molecule has 0 radical (unpaired) electrons. The number of hydrogen-bond donors (Lipinski definition) is 1. The van der Waals surface area contributed by atoms with Crippen LogP contribution in [0.25, 0.3) is 5.65 Å². The summed E-state index contributed by atoms with van der Waals surface area (Å²) in [5.41, 5.74) is 0.953. The SMILES string of the molecule is COC(=O)C(C)(C)NCc1cnc2cnc(Br)cn12. The van der Waals surface area contributed by atoms with Crippen molar-refractivity contribution >= 4 is 27.5 Å². The summed E-state index contributed by atoms with van der Waals surface area (Å²) in [6.07, 6.45) is 5.27. The molecule has 2 aromatic heterocycles. The predicted octanol–water partition coefficient (Wildman–Crippen LogP) is 1.53. The van der Waals surface area contributed by atoms with Gasteiger partial charge in [-0.2, -0.15) is 0 Å². The molecule has 0 aliphatic heterocycles. The molecule has 0 aliphatic carbocycles. The molecule has 0 saturated carbocycles. The van der Waals surface area contributed by atoms with Gasteiger partial charge in [0.05, 0.1) is 25.2 Å². The van der Waals surface area contributed by atoms with Crippen molar-refractivity contribution in [2.24, 2.45) is 0 Å². The molecule has 0 aromatic carbocycles. The van der Waals surface area contributed by atoms with Gasteiger partial charge in [0, 0.05) is 12.7 Å². The number of aromatic nitrogens is 3. The summed E-state index contributed by atoms with van der Waals surface area (Å²) in [5.74, 6) is -0.302. The Kier molecular flexibility index (Phi) is 3.86. The molecule has 0 unspecified atom stereocenters. The first-order chi connectivity index (χ1) is 8.94. The van der Waals surface area contributed by atoms with Crippen molar-refractivity contribution in [2.75, 3.05) is 7.11 Å². The second kappa shape index (κ2) is 5.26. The quantitative estimate of drug-likeness (QED) is 0.863. The average molecular weight is 327 g/mol. The lowest BCUT2D eigenvalue weighted by Gasteiger charge is -2.22. The molecular weight excluding hydrogens is 312 g/mol. The number of hydrogen-bond acceptors (Lipinski definition) is 5. The fraction of sp³-hybridized carbons (Fsp3) is 0.417. The van der Waals surface area contributed by atoms with Crippen molar-refractivity contribution in [3.63, 3.8) is 0 Å². The Balaban J connectivity index is 2.18. The maximum atomic E-state index is 11.6. The summed E-state index contributed by atoms with van der Waals surface area (Å²) in [7, 11) is 1.38. The number of nitrogens with zero attached hydrogens (tertiary/aromatic N) is 3. The summed E-state index contributed by atoms with van der Waals surface area (Å²) in [5, 5.41) is 3.15. The average Bonchev–Trinajstić information content (AvgIpc) is 2.77. The molecule has 2 rings (SSSR count). The van der Waals surface area contributed by atoms with E-state index in [2.05, 4.69) is 31.2 Å². The van der Waals surface area contributed by atoms with Crippen LogP contribution >= 0.6 is 15.9 Å². The van der Waals surface area contributed by atoms with Crippen molar-refractivity contribution in [3.05, 3.63) is 28.9 Å². The van der Waals surface area contributed by atoms with E-state index >= 15 is 0 Å². The molecule has 0 amide bonds. The van der Waals surface area contributed by atoms with E-state index in [-0.39, 0.29) is 5.97 Å². The van der Waals surface area contributed by atoms with E-state index in [1.165, 1.54) is 7.11 Å². The first-order valence-electron chi connectivity index (χ1n) is 5.75. The number of esters is 1. The van der Waals surface area contributed by atoms with E-state index in [9.17, 15) is 4.79 Å². The third-order valence-corrected chi connectivity index (χ3v) is 3.26. The molecule has 0 saturated heterocycles. The van der Waals surface area contributed by atoms with Crippen molar-refractivity contribution in [3.8, 4) is 0 Å². The number of methoxy groups -OCH3 is 1. The van der Waals surface area contributed by atoms with E-state index in [0.717, 1.165) is 15.9 Å². The third-order valence-electron chi connectivity index (χ3n) is 2.85. The summed E-state index contributed by atoms with van der Waals surface area (Å²) < 4.78 is 7.39. The normalized spacial score (nSPS) is 11.8. The highest BCUT2D eigenvalue weighted by atomic mass is 79.9. The number of ether oxygens (including phenoxy) is 1. The van der Waals surface area contributed by atoms with Gasteiger partial charge in [-0.15, -0.1) is 0 Å².